The second-order valence-corrected chi connectivity index (χ2v) is 8.84. The van der Waals surface area contributed by atoms with Crippen molar-refractivity contribution in [2.24, 2.45) is 5.73 Å². The highest BCUT2D eigenvalue weighted by Gasteiger charge is 2.53. The molecule has 0 saturated carbocycles. The Bertz CT molecular complexity index is 720. The molecular weight excluding hydrogens is 377 g/mol. The van der Waals surface area contributed by atoms with E-state index in [4.69, 9.17) is 38.2 Å². The second-order valence-electron chi connectivity index (χ2n) is 7.99. The molecule has 1 aromatic carbocycles. The molecule has 1 aromatic rings. The van der Waals surface area contributed by atoms with Crippen molar-refractivity contribution in [3.8, 4) is 0 Å². The first-order valence-corrected chi connectivity index (χ1v) is 9.43. The van der Waals surface area contributed by atoms with Crippen LogP contribution in [0.15, 0.2) is 23.9 Å². The van der Waals surface area contributed by atoms with Gasteiger partial charge in [-0.1, -0.05) is 29.3 Å². The Labute approximate surface area is 164 Å². The van der Waals surface area contributed by atoms with Gasteiger partial charge in [-0.25, -0.2) is 4.39 Å². The van der Waals surface area contributed by atoms with Crippen LogP contribution in [0.1, 0.15) is 33.3 Å². The summed E-state index contributed by atoms with van der Waals surface area (Å²) in [5.74, 6) is 0. The summed E-state index contributed by atoms with van der Waals surface area (Å²) in [5, 5.41) is 0.893. The molecule has 0 unspecified atom stereocenters. The molecule has 0 aliphatic carbocycles. The Morgan fingerprint density at radius 3 is 2.31 bits per heavy atom. The van der Waals surface area contributed by atoms with E-state index in [2.05, 4.69) is 4.90 Å². The van der Waals surface area contributed by atoms with E-state index < -0.39 is 24.0 Å². The lowest BCUT2D eigenvalue weighted by Crippen LogP contribution is -2.55. The summed E-state index contributed by atoms with van der Waals surface area (Å²) in [7, 11) is -1.07. The summed E-state index contributed by atoms with van der Waals surface area (Å²) in [4.78, 5) is 2.07. The third-order valence-electron chi connectivity index (χ3n) is 5.37. The van der Waals surface area contributed by atoms with E-state index in [-0.39, 0.29) is 6.04 Å². The minimum Gasteiger partial charge on any atom is -0.398 e. The highest BCUT2D eigenvalue weighted by molar-refractivity contribution is 6.55. The van der Waals surface area contributed by atoms with Gasteiger partial charge in [0.05, 0.1) is 11.2 Å². The molecule has 0 aromatic heterocycles. The van der Waals surface area contributed by atoms with Gasteiger partial charge in [0.2, 0.25) is 0 Å². The molecule has 8 heteroatoms. The van der Waals surface area contributed by atoms with Crippen molar-refractivity contribution in [2.75, 3.05) is 19.6 Å². The molecule has 2 N–H and O–H groups in total. The number of benzene rings is 1. The molecule has 0 spiro atoms. The van der Waals surface area contributed by atoms with E-state index in [1.54, 1.807) is 18.2 Å². The summed E-state index contributed by atoms with van der Waals surface area (Å²) in [5.41, 5.74) is 5.18. The fourth-order valence-electron chi connectivity index (χ4n) is 3.07. The highest BCUT2D eigenvalue weighted by Crippen LogP contribution is 2.41. The van der Waals surface area contributed by atoms with Gasteiger partial charge < -0.3 is 15.0 Å². The average Bonchev–Trinajstić information content (AvgIpc) is 2.71. The Kier molecular flexibility index (Phi) is 5.48. The fraction of sp³-hybridized carbons (Fsp3) is 0.556. The molecule has 26 heavy (non-hydrogen) atoms. The summed E-state index contributed by atoms with van der Waals surface area (Å²) in [6.07, 6.45) is 0. The summed E-state index contributed by atoms with van der Waals surface area (Å²) in [6.45, 7) is 9.38. The molecule has 2 aliphatic rings. The number of nitrogens with zero attached hydrogens (tertiary/aromatic N) is 1. The molecule has 2 saturated heterocycles. The summed E-state index contributed by atoms with van der Waals surface area (Å²) >= 11 is 12.3. The minimum absolute atomic E-state index is 0.122. The van der Waals surface area contributed by atoms with Gasteiger partial charge >= 0.3 is 7.12 Å². The van der Waals surface area contributed by atoms with Gasteiger partial charge in [-0.2, -0.15) is 0 Å². The molecule has 3 rings (SSSR count). The van der Waals surface area contributed by atoms with E-state index in [1.165, 1.54) is 0 Å². The molecular formula is C18H24BCl2FN2O2. The fourth-order valence-corrected chi connectivity index (χ4v) is 3.60. The van der Waals surface area contributed by atoms with Gasteiger partial charge in [-0.15, -0.1) is 0 Å². The smallest absolute Gasteiger partial charge is 0.398 e. The first kappa shape index (κ1) is 20.1. The lowest BCUT2D eigenvalue weighted by molar-refractivity contribution is 0.00578. The van der Waals surface area contributed by atoms with E-state index >= 15 is 4.39 Å². The van der Waals surface area contributed by atoms with Gasteiger partial charge in [0, 0.05) is 41.3 Å². The predicted molar refractivity (Wildman–Crippen MR) is 105 cm³/mol. The Morgan fingerprint density at radius 1 is 1.23 bits per heavy atom. The zero-order valence-corrected chi connectivity index (χ0v) is 17.0. The zero-order chi connectivity index (χ0) is 19.3. The Morgan fingerprint density at radius 2 is 1.81 bits per heavy atom. The van der Waals surface area contributed by atoms with Crippen LogP contribution in [0.5, 0.6) is 0 Å². The summed E-state index contributed by atoms with van der Waals surface area (Å²) < 4.78 is 27.3. The van der Waals surface area contributed by atoms with Crippen molar-refractivity contribution in [1.82, 2.24) is 4.90 Å². The first-order valence-electron chi connectivity index (χ1n) is 8.68. The van der Waals surface area contributed by atoms with Crippen molar-refractivity contribution in [3.63, 3.8) is 0 Å². The van der Waals surface area contributed by atoms with Crippen molar-refractivity contribution in [3.05, 3.63) is 39.5 Å². The van der Waals surface area contributed by atoms with E-state index in [9.17, 15) is 0 Å². The van der Waals surface area contributed by atoms with Gasteiger partial charge in [-0.05, 0) is 45.4 Å². The van der Waals surface area contributed by atoms with E-state index in [1.807, 2.05) is 27.7 Å². The maximum absolute atomic E-state index is 15.5. The van der Waals surface area contributed by atoms with Gasteiger partial charge in [0.25, 0.3) is 0 Å². The van der Waals surface area contributed by atoms with Crippen LogP contribution in [0.3, 0.4) is 0 Å². The van der Waals surface area contributed by atoms with Gasteiger partial charge in [0.15, 0.2) is 0 Å². The van der Waals surface area contributed by atoms with Crippen LogP contribution >= 0.6 is 23.2 Å². The Hall–Kier alpha value is -0.625. The highest BCUT2D eigenvalue weighted by atomic mass is 35.5. The molecule has 2 aliphatic heterocycles. The summed E-state index contributed by atoms with van der Waals surface area (Å²) in [6, 6.07) is 5.15. The lowest BCUT2D eigenvalue weighted by atomic mass is 9.82. The van der Waals surface area contributed by atoms with Crippen LogP contribution < -0.4 is 5.73 Å². The normalized spacial score (nSPS) is 23.8. The average molecular weight is 401 g/mol. The molecule has 0 radical (unpaired) electrons. The number of nitrogens with two attached hydrogens (primary N) is 1. The maximum atomic E-state index is 15.5. The SMILES string of the molecule is CC1(C)OB(C(F)=C(CN2CC(N)C2)c2ccc(Cl)cc2Cl)OC1(C)C. The molecule has 0 amide bonds. The van der Waals surface area contributed by atoms with Gasteiger partial charge in [-0.3, -0.25) is 4.90 Å². The van der Waals surface area contributed by atoms with Crippen LogP contribution in [0, 0.1) is 0 Å². The maximum Gasteiger partial charge on any atom is 0.525 e. The first-order chi connectivity index (χ1) is 12.0. The Balaban J connectivity index is 1.97. The van der Waals surface area contributed by atoms with Crippen LogP contribution in [0.2, 0.25) is 10.0 Å². The van der Waals surface area contributed by atoms with Crippen LogP contribution in [-0.2, 0) is 9.31 Å². The van der Waals surface area contributed by atoms with E-state index in [0.717, 1.165) is 0 Å². The topological polar surface area (TPSA) is 47.7 Å². The number of hydrogen-bond acceptors (Lipinski definition) is 4. The molecule has 2 fully saturated rings. The number of rotatable bonds is 4. The van der Waals surface area contributed by atoms with Crippen molar-refractivity contribution < 1.29 is 13.7 Å². The van der Waals surface area contributed by atoms with Gasteiger partial charge in [0.1, 0.15) is 5.73 Å². The van der Waals surface area contributed by atoms with Crippen molar-refractivity contribution in [2.45, 2.75) is 44.9 Å². The molecule has 4 nitrogen and oxygen atoms in total. The standard InChI is InChI=1S/C18H24BCl2FN2O2/c1-17(2)18(3,4)26-19(25-17)16(22)14(10-24-8-12(23)9-24)13-6-5-11(20)7-15(13)21/h5-7,12H,8-10,23H2,1-4H3. The zero-order valence-electron chi connectivity index (χ0n) is 15.5. The molecule has 0 atom stereocenters. The monoisotopic (exact) mass is 400 g/mol. The van der Waals surface area contributed by atoms with Crippen LogP contribution in [-0.4, -0.2) is 48.9 Å². The lowest BCUT2D eigenvalue weighted by Gasteiger charge is -2.37. The van der Waals surface area contributed by atoms with E-state index in [0.29, 0.717) is 40.8 Å². The molecule has 0 bridgehead atoms. The van der Waals surface area contributed by atoms with Crippen LogP contribution in [0.25, 0.3) is 5.57 Å². The number of likely N-dealkylation sites (tertiary alicyclic amines) is 1. The third-order valence-corrected chi connectivity index (χ3v) is 5.92. The van der Waals surface area contributed by atoms with Crippen LogP contribution in [0.4, 0.5) is 4.39 Å². The number of hydrogen-bond donors (Lipinski definition) is 1. The molecule has 2 heterocycles. The third kappa shape index (κ3) is 3.82. The van der Waals surface area contributed by atoms with Crippen molar-refractivity contribution in [1.29, 1.82) is 0 Å². The minimum atomic E-state index is -1.07. The number of halogens is 3. The predicted octanol–water partition coefficient (Wildman–Crippen LogP) is 3.95. The second kappa shape index (κ2) is 7.08. The largest absolute Gasteiger partial charge is 0.525 e. The molecule has 142 valence electrons. The quantitative estimate of drug-likeness (QED) is 0.777. The van der Waals surface area contributed by atoms with Crippen molar-refractivity contribution >= 4 is 35.9 Å².